The van der Waals surface area contributed by atoms with Crippen molar-refractivity contribution in [1.82, 2.24) is 0 Å². The highest BCUT2D eigenvalue weighted by atomic mass is 32.2. The third kappa shape index (κ3) is 8.59. The molecule has 0 saturated carbocycles. The second kappa shape index (κ2) is 11.3. The number of hydrogen-bond acceptors (Lipinski definition) is 6. The maximum atomic E-state index is 11.8. The van der Waals surface area contributed by atoms with Crippen LogP contribution >= 0.6 is 0 Å². The Balaban J connectivity index is 0.000000262. The number of rotatable bonds is 6. The van der Waals surface area contributed by atoms with Gasteiger partial charge in [-0.05, 0) is 48.7 Å². The van der Waals surface area contributed by atoms with Crippen molar-refractivity contribution in [3.05, 3.63) is 95.6 Å². The van der Waals surface area contributed by atoms with Crippen molar-refractivity contribution < 1.29 is 27.6 Å². The summed E-state index contributed by atoms with van der Waals surface area (Å²) in [5, 5.41) is 9.19. The van der Waals surface area contributed by atoms with E-state index < -0.39 is 22.1 Å². The normalized spacial score (nSPS) is 11.7. The number of phenols is 1. The van der Waals surface area contributed by atoms with Gasteiger partial charge in [0.2, 0.25) is 0 Å². The lowest BCUT2D eigenvalue weighted by Gasteiger charge is -2.11. The van der Waals surface area contributed by atoms with E-state index in [-0.39, 0.29) is 17.3 Å². The fourth-order valence-corrected chi connectivity index (χ4v) is 3.00. The summed E-state index contributed by atoms with van der Waals surface area (Å²) >= 11 is 0. The van der Waals surface area contributed by atoms with E-state index in [1.54, 1.807) is 36.4 Å². The summed E-state index contributed by atoms with van der Waals surface area (Å²) < 4.78 is 34.7. The molecule has 0 amide bonds. The number of benzene rings is 3. The number of esters is 1. The Morgan fingerprint density at radius 3 is 2.06 bits per heavy atom. The molecule has 3 aromatic rings. The first kappa shape index (κ1) is 24.1. The van der Waals surface area contributed by atoms with E-state index in [1.807, 2.05) is 37.3 Å². The molecule has 0 heterocycles. The molecule has 8 heteroatoms. The molecule has 0 fully saturated rings. The van der Waals surface area contributed by atoms with Gasteiger partial charge in [0.05, 0.1) is 4.90 Å². The van der Waals surface area contributed by atoms with Crippen LogP contribution in [-0.2, 0) is 32.7 Å². The molecule has 0 unspecified atom stereocenters. The first-order valence-corrected chi connectivity index (χ1v) is 10.9. The van der Waals surface area contributed by atoms with Gasteiger partial charge in [-0.3, -0.25) is 9.35 Å². The summed E-state index contributed by atoms with van der Waals surface area (Å²) in [6.07, 6.45) is 0.383. The molecular formula is C23H25NO6S. The number of nitrogens with two attached hydrogens (primary N) is 1. The summed E-state index contributed by atoms with van der Waals surface area (Å²) in [6, 6.07) is 21.3. The Morgan fingerprint density at radius 1 is 0.935 bits per heavy atom. The highest BCUT2D eigenvalue weighted by molar-refractivity contribution is 7.85. The van der Waals surface area contributed by atoms with Crippen molar-refractivity contribution >= 4 is 16.1 Å². The molecular weight excluding hydrogens is 418 g/mol. The molecule has 0 saturated heterocycles. The van der Waals surface area contributed by atoms with Crippen LogP contribution in [0.25, 0.3) is 0 Å². The zero-order valence-electron chi connectivity index (χ0n) is 17.0. The van der Waals surface area contributed by atoms with Gasteiger partial charge in [0, 0.05) is 0 Å². The summed E-state index contributed by atoms with van der Waals surface area (Å²) in [4.78, 5) is 11.7. The van der Waals surface area contributed by atoms with E-state index in [0.29, 0.717) is 6.42 Å². The van der Waals surface area contributed by atoms with Gasteiger partial charge < -0.3 is 15.6 Å². The van der Waals surface area contributed by atoms with Crippen LogP contribution < -0.4 is 5.73 Å². The van der Waals surface area contributed by atoms with Crippen molar-refractivity contribution in [2.45, 2.75) is 30.9 Å². The van der Waals surface area contributed by atoms with E-state index in [4.69, 9.17) is 15.0 Å². The summed E-state index contributed by atoms with van der Waals surface area (Å²) in [6.45, 7) is 2.07. The molecule has 4 N–H and O–H groups in total. The molecule has 0 radical (unpaired) electrons. The highest BCUT2D eigenvalue weighted by Crippen LogP contribution is 2.12. The van der Waals surface area contributed by atoms with Gasteiger partial charge in [-0.2, -0.15) is 8.42 Å². The maximum Gasteiger partial charge on any atom is 0.323 e. The topological polar surface area (TPSA) is 127 Å². The number of hydrogen-bond donors (Lipinski definition) is 3. The van der Waals surface area contributed by atoms with Gasteiger partial charge in [-0.25, -0.2) is 0 Å². The van der Waals surface area contributed by atoms with Crippen molar-refractivity contribution in [2.24, 2.45) is 5.73 Å². The standard InChI is InChI=1S/C16H17NO3.C7H8O3S/c17-15(10-12-6-8-14(18)9-7-12)16(19)20-11-13-4-2-1-3-5-13;1-6-2-4-7(5-3-6)11(8,9)10/h1-9,15,18H,10-11,17H2;2-5H,1H3,(H,8,9,10)/t15-;/m0./s1. The zero-order chi connectivity index (χ0) is 22.9. The molecule has 0 aliphatic heterocycles. The van der Waals surface area contributed by atoms with Gasteiger partial charge in [0.1, 0.15) is 18.4 Å². The molecule has 0 bridgehead atoms. The Hall–Kier alpha value is -3.20. The van der Waals surface area contributed by atoms with Crippen LogP contribution in [0.2, 0.25) is 0 Å². The molecule has 0 aliphatic rings. The van der Waals surface area contributed by atoms with Crippen molar-refractivity contribution in [1.29, 1.82) is 0 Å². The van der Waals surface area contributed by atoms with Gasteiger partial charge in [-0.15, -0.1) is 0 Å². The van der Waals surface area contributed by atoms with Gasteiger partial charge in [0.25, 0.3) is 10.1 Å². The van der Waals surface area contributed by atoms with Crippen molar-refractivity contribution in [3.63, 3.8) is 0 Å². The lowest BCUT2D eigenvalue weighted by Crippen LogP contribution is -2.34. The summed E-state index contributed by atoms with van der Waals surface area (Å²) in [7, 11) is -4.02. The number of aryl methyl sites for hydroxylation is 1. The molecule has 3 aromatic carbocycles. The van der Waals surface area contributed by atoms with Gasteiger partial charge >= 0.3 is 5.97 Å². The predicted molar refractivity (Wildman–Crippen MR) is 117 cm³/mol. The Bertz CT molecular complexity index is 1070. The Kier molecular flexibility index (Phi) is 8.75. The van der Waals surface area contributed by atoms with E-state index in [1.165, 1.54) is 12.1 Å². The van der Waals surface area contributed by atoms with E-state index in [0.717, 1.165) is 16.7 Å². The smallest absolute Gasteiger partial charge is 0.323 e. The fraction of sp³-hybridized carbons (Fsp3) is 0.174. The second-order valence-electron chi connectivity index (χ2n) is 6.86. The monoisotopic (exact) mass is 443 g/mol. The molecule has 7 nitrogen and oxygen atoms in total. The van der Waals surface area contributed by atoms with Gasteiger partial charge in [-0.1, -0.05) is 60.2 Å². The second-order valence-corrected chi connectivity index (χ2v) is 8.28. The minimum atomic E-state index is -4.02. The van der Waals surface area contributed by atoms with Crippen LogP contribution in [0.1, 0.15) is 16.7 Å². The van der Waals surface area contributed by atoms with Crippen LogP contribution in [-0.4, -0.2) is 30.1 Å². The molecule has 1 atom stereocenters. The number of phenolic OH excluding ortho intramolecular Hbond substituents is 1. The van der Waals surface area contributed by atoms with Gasteiger partial charge in [0.15, 0.2) is 0 Å². The molecule has 0 aromatic heterocycles. The van der Waals surface area contributed by atoms with E-state index in [2.05, 4.69) is 0 Å². The Morgan fingerprint density at radius 2 is 1.52 bits per heavy atom. The average Bonchev–Trinajstić information content (AvgIpc) is 2.74. The minimum Gasteiger partial charge on any atom is -0.508 e. The first-order chi connectivity index (χ1) is 14.6. The van der Waals surface area contributed by atoms with E-state index in [9.17, 15) is 18.3 Å². The Labute approximate surface area is 181 Å². The summed E-state index contributed by atoms with van der Waals surface area (Å²) in [5.74, 6) is -0.240. The number of ether oxygens (including phenoxy) is 1. The third-order valence-corrected chi connectivity index (χ3v) is 5.11. The molecule has 0 aliphatic carbocycles. The van der Waals surface area contributed by atoms with Crippen LogP contribution in [0, 0.1) is 6.92 Å². The van der Waals surface area contributed by atoms with Crippen molar-refractivity contribution in [2.75, 3.05) is 0 Å². The number of carbonyl (C=O) groups excluding carboxylic acids is 1. The minimum absolute atomic E-state index is 0.0666. The van der Waals surface area contributed by atoms with Crippen LogP contribution in [0.15, 0.2) is 83.8 Å². The first-order valence-electron chi connectivity index (χ1n) is 9.43. The van der Waals surface area contributed by atoms with Crippen molar-refractivity contribution in [3.8, 4) is 5.75 Å². The molecule has 0 spiro atoms. The summed E-state index contributed by atoms with van der Waals surface area (Å²) in [5.41, 5.74) is 8.58. The SMILES string of the molecule is Cc1ccc(S(=O)(=O)O)cc1.N[C@@H](Cc1ccc(O)cc1)C(=O)OCc1ccccc1. The zero-order valence-corrected chi connectivity index (χ0v) is 17.8. The lowest BCUT2D eigenvalue weighted by molar-refractivity contribution is -0.146. The van der Waals surface area contributed by atoms with Crippen LogP contribution in [0.5, 0.6) is 5.75 Å². The largest absolute Gasteiger partial charge is 0.508 e. The quantitative estimate of drug-likeness (QED) is 0.394. The molecule has 164 valence electrons. The lowest BCUT2D eigenvalue weighted by atomic mass is 10.1. The predicted octanol–water partition coefficient (Wildman–Crippen LogP) is 3.25. The van der Waals surface area contributed by atoms with E-state index >= 15 is 0 Å². The number of aromatic hydroxyl groups is 1. The third-order valence-electron chi connectivity index (χ3n) is 4.24. The van der Waals surface area contributed by atoms with Crippen LogP contribution in [0.4, 0.5) is 0 Å². The average molecular weight is 444 g/mol. The highest BCUT2D eigenvalue weighted by Gasteiger charge is 2.15. The molecule has 31 heavy (non-hydrogen) atoms. The fourth-order valence-electron chi connectivity index (χ4n) is 2.52. The van der Waals surface area contributed by atoms with Crippen LogP contribution in [0.3, 0.4) is 0 Å². The number of carbonyl (C=O) groups is 1. The molecule has 3 rings (SSSR count). The maximum absolute atomic E-state index is 11.8.